The molecule has 2 unspecified atom stereocenters. The van der Waals surface area contributed by atoms with Gasteiger partial charge < -0.3 is 31.3 Å². The number of pyridine rings is 1. The van der Waals surface area contributed by atoms with Gasteiger partial charge in [0.1, 0.15) is 23.5 Å². The van der Waals surface area contributed by atoms with E-state index < -0.39 is 18.3 Å². The van der Waals surface area contributed by atoms with Crippen molar-refractivity contribution >= 4 is 23.2 Å². The number of alkyl halides is 1. The lowest BCUT2D eigenvalue weighted by molar-refractivity contribution is -0.138. The molecule has 11 heteroatoms. The molecule has 2 amide bonds. The summed E-state index contributed by atoms with van der Waals surface area (Å²) in [5, 5.41) is 2.97. The van der Waals surface area contributed by atoms with E-state index in [1.165, 1.54) is 6.42 Å². The summed E-state index contributed by atoms with van der Waals surface area (Å²) in [6, 6.07) is 1.74. The molecular weight excluding hydrogens is 549 g/mol. The van der Waals surface area contributed by atoms with Gasteiger partial charge in [0.05, 0.1) is 25.0 Å². The van der Waals surface area contributed by atoms with Crippen molar-refractivity contribution in [1.29, 1.82) is 0 Å². The number of nitrogens with two attached hydrogens (primary N) is 2. The van der Waals surface area contributed by atoms with E-state index in [2.05, 4.69) is 27.2 Å². The summed E-state index contributed by atoms with van der Waals surface area (Å²) in [5.74, 6) is -0.441. The van der Waals surface area contributed by atoms with Crippen LogP contribution in [0.1, 0.15) is 77.0 Å². The molecule has 2 atom stereocenters. The highest BCUT2D eigenvalue weighted by atomic mass is 19.1. The molecular formula is C32H50FN7O3. The molecule has 1 spiro atoms. The first kappa shape index (κ1) is 31.8. The average molecular weight is 600 g/mol. The van der Waals surface area contributed by atoms with E-state index in [-0.39, 0.29) is 35.8 Å². The van der Waals surface area contributed by atoms with Crippen molar-refractivity contribution in [3.63, 3.8) is 0 Å². The number of piperazine rings is 1. The van der Waals surface area contributed by atoms with Crippen LogP contribution in [-0.4, -0.2) is 90.5 Å². The van der Waals surface area contributed by atoms with Crippen molar-refractivity contribution in [1.82, 2.24) is 14.8 Å². The van der Waals surface area contributed by atoms with Gasteiger partial charge in [0.25, 0.3) is 0 Å². The fourth-order valence-corrected chi connectivity index (χ4v) is 7.47. The van der Waals surface area contributed by atoms with Crippen LogP contribution >= 0.6 is 0 Å². The highest BCUT2D eigenvalue weighted by Crippen LogP contribution is 2.45. The Bertz CT molecular complexity index is 1130. The molecule has 5 N–H and O–H groups in total. The number of anilines is 1. The summed E-state index contributed by atoms with van der Waals surface area (Å²) < 4.78 is 21.1. The quantitative estimate of drug-likeness (QED) is 0.408. The zero-order valence-corrected chi connectivity index (χ0v) is 25.7. The number of ether oxygens (including phenoxy) is 1. The Labute approximate surface area is 255 Å². The van der Waals surface area contributed by atoms with Crippen LogP contribution in [-0.2, 0) is 9.59 Å². The predicted octanol–water partition coefficient (Wildman–Crippen LogP) is 3.50. The van der Waals surface area contributed by atoms with Gasteiger partial charge in [-0.05, 0) is 70.3 Å². The van der Waals surface area contributed by atoms with Gasteiger partial charge in [-0.3, -0.25) is 19.6 Å². The van der Waals surface area contributed by atoms with Crippen molar-refractivity contribution in [2.45, 2.75) is 95.5 Å². The Hall–Kier alpha value is -2.63. The molecule has 3 heterocycles. The zero-order valence-electron chi connectivity index (χ0n) is 25.7. The van der Waals surface area contributed by atoms with Crippen LogP contribution in [0.25, 0.3) is 0 Å². The molecule has 3 fully saturated rings. The van der Waals surface area contributed by atoms with E-state index in [0.29, 0.717) is 30.0 Å². The fourth-order valence-electron chi connectivity index (χ4n) is 7.47. The minimum absolute atomic E-state index is 0.0309. The third kappa shape index (κ3) is 8.10. The molecule has 1 saturated heterocycles. The molecule has 0 radical (unpaired) electrons. The van der Waals surface area contributed by atoms with Crippen LogP contribution in [0.5, 0.6) is 5.75 Å². The van der Waals surface area contributed by atoms with Gasteiger partial charge in [-0.25, -0.2) is 4.39 Å². The summed E-state index contributed by atoms with van der Waals surface area (Å²) >= 11 is 0. The monoisotopic (exact) mass is 599 g/mol. The summed E-state index contributed by atoms with van der Waals surface area (Å²) in [4.78, 5) is 39.9. The maximum atomic E-state index is 14.7. The molecule has 238 valence electrons. The molecule has 0 aromatic carbocycles. The van der Waals surface area contributed by atoms with Gasteiger partial charge in [0.15, 0.2) is 0 Å². The molecule has 2 saturated carbocycles. The second-order valence-corrected chi connectivity index (χ2v) is 13.3. The van der Waals surface area contributed by atoms with E-state index in [1.807, 2.05) is 4.90 Å². The number of amides is 2. The minimum atomic E-state index is -1.03. The van der Waals surface area contributed by atoms with Crippen LogP contribution < -0.4 is 21.5 Å². The third-order valence-electron chi connectivity index (χ3n) is 10.1. The summed E-state index contributed by atoms with van der Waals surface area (Å²) in [7, 11) is 2.09. The number of likely N-dealkylation sites (N-methyl/N-ethyl adjacent to an activating group) is 1. The number of carbonyl (C=O) groups is 2. The zero-order chi connectivity index (χ0) is 30.4. The van der Waals surface area contributed by atoms with Gasteiger partial charge >= 0.3 is 0 Å². The van der Waals surface area contributed by atoms with Crippen LogP contribution in [0.2, 0.25) is 0 Å². The molecule has 0 bridgehead atoms. The number of aliphatic imine (C=N–C) groups is 1. The summed E-state index contributed by atoms with van der Waals surface area (Å²) in [5.41, 5.74) is 13.4. The number of aromatic nitrogens is 1. The highest BCUT2D eigenvalue weighted by Gasteiger charge is 2.40. The SMILES string of the molecule is CN1CCN(C(=O)[C@H]2CC[C@@H](Oc3ccncc3NC(=O)C(/C3=N/CC(F)CCC4(CCCCC4)C3)C(N)N)CC2)CC1. The van der Waals surface area contributed by atoms with Crippen molar-refractivity contribution in [2.24, 2.45) is 33.7 Å². The number of carbonyl (C=O) groups excluding carboxylic acids is 2. The molecule has 2 aliphatic heterocycles. The van der Waals surface area contributed by atoms with Crippen molar-refractivity contribution in [2.75, 3.05) is 45.1 Å². The second kappa shape index (κ2) is 14.4. The van der Waals surface area contributed by atoms with Crippen LogP contribution in [0.4, 0.5) is 10.1 Å². The Balaban J connectivity index is 1.23. The lowest BCUT2D eigenvalue weighted by Crippen LogP contribution is -2.50. The summed E-state index contributed by atoms with van der Waals surface area (Å²) in [6.45, 7) is 3.45. The number of rotatable bonds is 7. The Kier molecular flexibility index (Phi) is 10.7. The Morgan fingerprint density at radius 1 is 1.05 bits per heavy atom. The highest BCUT2D eigenvalue weighted by molar-refractivity contribution is 6.10. The molecule has 4 aliphatic rings. The lowest BCUT2D eigenvalue weighted by Gasteiger charge is -2.40. The topological polar surface area (TPSA) is 139 Å². The predicted molar refractivity (Wildman–Crippen MR) is 166 cm³/mol. The van der Waals surface area contributed by atoms with Gasteiger partial charge in [-0.2, -0.15) is 0 Å². The van der Waals surface area contributed by atoms with E-state index >= 15 is 0 Å². The van der Waals surface area contributed by atoms with E-state index in [0.717, 1.165) is 84.0 Å². The number of hydrogen-bond donors (Lipinski definition) is 3. The average Bonchev–Trinajstić information content (AvgIpc) is 3.00. The first-order valence-electron chi connectivity index (χ1n) is 16.3. The molecule has 10 nitrogen and oxygen atoms in total. The first-order chi connectivity index (χ1) is 20.7. The van der Waals surface area contributed by atoms with Gasteiger partial charge in [-0.1, -0.05) is 19.3 Å². The van der Waals surface area contributed by atoms with Gasteiger partial charge in [0.2, 0.25) is 11.8 Å². The van der Waals surface area contributed by atoms with Gasteiger partial charge in [0, 0.05) is 50.1 Å². The largest absolute Gasteiger partial charge is 0.488 e. The van der Waals surface area contributed by atoms with Crippen LogP contribution in [0.3, 0.4) is 0 Å². The molecule has 43 heavy (non-hydrogen) atoms. The van der Waals surface area contributed by atoms with Crippen molar-refractivity contribution in [3.05, 3.63) is 18.5 Å². The maximum Gasteiger partial charge on any atom is 0.236 e. The van der Waals surface area contributed by atoms with Crippen LogP contribution in [0, 0.1) is 17.3 Å². The second-order valence-electron chi connectivity index (χ2n) is 13.3. The van der Waals surface area contributed by atoms with Crippen molar-refractivity contribution in [3.8, 4) is 5.75 Å². The molecule has 1 aromatic rings. The molecule has 5 rings (SSSR count). The van der Waals surface area contributed by atoms with Crippen LogP contribution in [0.15, 0.2) is 23.5 Å². The maximum absolute atomic E-state index is 14.7. The number of hydrogen-bond acceptors (Lipinski definition) is 8. The number of nitrogens with zero attached hydrogens (tertiary/aromatic N) is 4. The van der Waals surface area contributed by atoms with E-state index in [4.69, 9.17) is 16.2 Å². The molecule has 2 aliphatic carbocycles. The lowest BCUT2D eigenvalue weighted by atomic mass is 9.66. The Morgan fingerprint density at radius 2 is 1.77 bits per heavy atom. The fraction of sp³-hybridized carbons (Fsp3) is 0.750. The normalized spacial score (nSPS) is 28.8. The standard InChI is InChI=1S/C32H50FN7O3/c1-39-15-17-40(18-16-39)31(42)22-5-7-24(8-6-22)43-27-10-14-36-21-26(27)38-30(41)28(29(34)35)25-19-32(11-3-2-4-12-32)13-9-23(33)20-37-25/h10,14,21-24,28-29H,2-9,11-13,15-20,34-35H2,1H3,(H,38,41)/b37-25+/t22-,23?,24+,28?. The minimum Gasteiger partial charge on any atom is -0.488 e. The van der Waals surface area contributed by atoms with Gasteiger partial charge in [-0.15, -0.1) is 0 Å². The van der Waals surface area contributed by atoms with E-state index in [1.54, 1.807) is 18.5 Å². The first-order valence-corrected chi connectivity index (χ1v) is 16.3. The molecule has 1 aromatic heterocycles. The Morgan fingerprint density at radius 3 is 2.47 bits per heavy atom. The third-order valence-corrected chi connectivity index (χ3v) is 10.1. The number of halogens is 1. The summed E-state index contributed by atoms with van der Waals surface area (Å²) in [6.07, 6.45) is 11.6. The number of nitrogens with one attached hydrogen (secondary N) is 1. The van der Waals surface area contributed by atoms with Crippen molar-refractivity contribution < 1.29 is 18.7 Å². The van der Waals surface area contributed by atoms with E-state index in [9.17, 15) is 14.0 Å². The smallest absolute Gasteiger partial charge is 0.236 e.